The summed E-state index contributed by atoms with van der Waals surface area (Å²) >= 11 is 0. The van der Waals surface area contributed by atoms with E-state index in [4.69, 9.17) is 4.74 Å². The molecule has 2 fully saturated rings. The fraction of sp³-hybridized carbons (Fsp3) is 0.611. The Hall–Kier alpha value is -1.66. The van der Waals surface area contributed by atoms with Crippen LogP contribution in [0, 0.1) is 5.82 Å². The molecule has 6 heteroatoms. The molecule has 0 saturated carbocycles. The Morgan fingerprint density at radius 1 is 1.42 bits per heavy atom. The van der Waals surface area contributed by atoms with Crippen LogP contribution in [0.25, 0.3) is 0 Å². The normalized spacial score (nSPS) is 24.7. The molecule has 1 N–H and O–H groups in total. The number of halogens is 1. The van der Waals surface area contributed by atoms with E-state index in [0.717, 1.165) is 31.2 Å². The molecule has 2 heterocycles. The average Bonchev–Trinajstić information content (AvgIpc) is 3.05. The number of rotatable bonds is 4. The summed E-state index contributed by atoms with van der Waals surface area (Å²) in [6.07, 6.45) is 2.76. The van der Waals surface area contributed by atoms with Crippen LogP contribution in [0.4, 0.5) is 4.39 Å². The molecular formula is C18H27FN4O. The molecule has 0 aliphatic carbocycles. The monoisotopic (exact) mass is 334 g/mol. The molecule has 1 aromatic rings. The summed E-state index contributed by atoms with van der Waals surface area (Å²) in [4.78, 5) is 8.92. The minimum atomic E-state index is -0.210. The number of fused-ring (bicyclic) bond motifs is 1. The lowest BCUT2D eigenvalue weighted by molar-refractivity contribution is -0.0454. The number of benzene rings is 1. The highest BCUT2D eigenvalue weighted by atomic mass is 19.1. The van der Waals surface area contributed by atoms with Gasteiger partial charge in [0, 0.05) is 39.8 Å². The first kappa shape index (κ1) is 17.2. The first-order valence-corrected chi connectivity index (χ1v) is 8.67. The molecule has 2 aliphatic rings. The average molecular weight is 334 g/mol. The van der Waals surface area contributed by atoms with Crippen LogP contribution in [0.1, 0.15) is 18.4 Å². The Balaban J connectivity index is 1.48. The Bertz CT molecular complexity index is 563. The predicted molar refractivity (Wildman–Crippen MR) is 93.6 cm³/mol. The van der Waals surface area contributed by atoms with Crippen LogP contribution in [0.2, 0.25) is 0 Å². The van der Waals surface area contributed by atoms with Crippen LogP contribution in [0.3, 0.4) is 0 Å². The van der Waals surface area contributed by atoms with Crippen molar-refractivity contribution in [2.24, 2.45) is 4.99 Å². The van der Waals surface area contributed by atoms with Crippen molar-refractivity contribution in [1.82, 2.24) is 15.1 Å². The third kappa shape index (κ3) is 4.24. The zero-order valence-electron chi connectivity index (χ0n) is 14.5. The standard InChI is InChI=1S/C18H27FN4O/c1-20-18(22(2)11-14-5-7-15(19)8-6-14)21-10-17-12-23-9-3-4-16(23)13-24-17/h5-8,16-17H,3-4,9-13H2,1-2H3,(H,20,21). The van der Waals surface area contributed by atoms with Crippen molar-refractivity contribution in [3.05, 3.63) is 35.6 Å². The van der Waals surface area contributed by atoms with Crippen molar-refractivity contribution in [1.29, 1.82) is 0 Å². The minimum absolute atomic E-state index is 0.204. The van der Waals surface area contributed by atoms with Crippen LogP contribution >= 0.6 is 0 Å². The first-order chi connectivity index (χ1) is 11.7. The Morgan fingerprint density at radius 3 is 2.96 bits per heavy atom. The Labute approximate surface area is 143 Å². The zero-order chi connectivity index (χ0) is 16.9. The van der Waals surface area contributed by atoms with Gasteiger partial charge in [0.1, 0.15) is 5.82 Å². The molecule has 2 saturated heterocycles. The molecule has 0 spiro atoms. The maximum absolute atomic E-state index is 13.0. The second kappa shape index (κ2) is 7.94. The van der Waals surface area contributed by atoms with Gasteiger partial charge in [-0.2, -0.15) is 0 Å². The number of aliphatic imine (C=N–C) groups is 1. The summed E-state index contributed by atoms with van der Waals surface area (Å²) in [7, 11) is 3.76. The molecule has 5 nitrogen and oxygen atoms in total. The Kier molecular flexibility index (Phi) is 5.68. The summed E-state index contributed by atoms with van der Waals surface area (Å²) in [6.45, 7) is 4.47. The van der Waals surface area contributed by atoms with Gasteiger partial charge in [-0.05, 0) is 37.1 Å². The van der Waals surface area contributed by atoms with E-state index in [1.165, 1.54) is 31.5 Å². The van der Waals surface area contributed by atoms with Crippen LogP contribution < -0.4 is 5.32 Å². The van der Waals surface area contributed by atoms with E-state index in [1.54, 1.807) is 19.2 Å². The zero-order valence-corrected chi connectivity index (χ0v) is 14.5. The Morgan fingerprint density at radius 2 is 2.21 bits per heavy atom. The quantitative estimate of drug-likeness (QED) is 0.672. The van der Waals surface area contributed by atoms with Gasteiger partial charge in [-0.25, -0.2) is 4.39 Å². The number of hydrogen-bond donors (Lipinski definition) is 1. The molecule has 2 aliphatic heterocycles. The SMILES string of the molecule is CN=C(NCC1CN2CCCC2CO1)N(C)Cc1ccc(F)cc1. The summed E-state index contributed by atoms with van der Waals surface area (Å²) in [5, 5.41) is 3.40. The summed E-state index contributed by atoms with van der Waals surface area (Å²) in [5.74, 6) is 0.616. The molecule has 1 aromatic carbocycles. The highest BCUT2D eigenvalue weighted by molar-refractivity contribution is 5.79. The van der Waals surface area contributed by atoms with E-state index in [1.807, 2.05) is 11.9 Å². The van der Waals surface area contributed by atoms with Crippen LogP contribution in [-0.4, -0.2) is 68.2 Å². The lowest BCUT2D eigenvalue weighted by Gasteiger charge is -2.35. The van der Waals surface area contributed by atoms with E-state index in [0.29, 0.717) is 12.6 Å². The van der Waals surface area contributed by atoms with Gasteiger partial charge in [-0.15, -0.1) is 0 Å². The molecule has 0 bridgehead atoms. The maximum atomic E-state index is 13.0. The van der Waals surface area contributed by atoms with Crippen LogP contribution in [0.5, 0.6) is 0 Å². The van der Waals surface area contributed by atoms with E-state index in [9.17, 15) is 4.39 Å². The lowest BCUT2D eigenvalue weighted by atomic mass is 10.2. The third-order valence-electron chi connectivity index (χ3n) is 4.86. The van der Waals surface area contributed by atoms with Gasteiger partial charge >= 0.3 is 0 Å². The molecule has 24 heavy (non-hydrogen) atoms. The van der Waals surface area contributed by atoms with Gasteiger partial charge < -0.3 is 15.0 Å². The third-order valence-corrected chi connectivity index (χ3v) is 4.86. The molecule has 2 atom stereocenters. The molecular weight excluding hydrogens is 307 g/mol. The highest BCUT2D eigenvalue weighted by Gasteiger charge is 2.32. The van der Waals surface area contributed by atoms with Gasteiger partial charge in [0.25, 0.3) is 0 Å². The van der Waals surface area contributed by atoms with Crippen molar-refractivity contribution in [3.8, 4) is 0 Å². The van der Waals surface area contributed by atoms with Gasteiger partial charge in [-0.3, -0.25) is 9.89 Å². The molecule has 0 radical (unpaired) electrons. The second-order valence-corrected chi connectivity index (χ2v) is 6.66. The fourth-order valence-electron chi connectivity index (χ4n) is 3.54. The van der Waals surface area contributed by atoms with Crippen molar-refractivity contribution < 1.29 is 9.13 Å². The highest BCUT2D eigenvalue weighted by Crippen LogP contribution is 2.22. The van der Waals surface area contributed by atoms with E-state index in [-0.39, 0.29) is 11.9 Å². The molecule has 3 rings (SSSR count). The summed E-state index contributed by atoms with van der Waals surface area (Å²) in [5.41, 5.74) is 1.05. The van der Waals surface area contributed by atoms with E-state index < -0.39 is 0 Å². The molecule has 2 unspecified atom stereocenters. The minimum Gasteiger partial charge on any atom is -0.373 e. The largest absolute Gasteiger partial charge is 0.373 e. The number of ether oxygens (including phenoxy) is 1. The van der Waals surface area contributed by atoms with E-state index in [2.05, 4.69) is 15.2 Å². The summed E-state index contributed by atoms with van der Waals surface area (Å²) < 4.78 is 19.0. The van der Waals surface area contributed by atoms with Crippen molar-refractivity contribution in [3.63, 3.8) is 0 Å². The lowest BCUT2D eigenvalue weighted by Crippen LogP contribution is -2.51. The number of nitrogens with one attached hydrogen (secondary N) is 1. The smallest absolute Gasteiger partial charge is 0.193 e. The number of nitrogens with zero attached hydrogens (tertiary/aromatic N) is 3. The van der Waals surface area contributed by atoms with Crippen molar-refractivity contribution in [2.45, 2.75) is 31.5 Å². The number of hydrogen-bond acceptors (Lipinski definition) is 3. The topological polar surface area (TPSA) is 40.1 Å². The van der Waals surface area contributed by atoms with Gasteiger partial charge in [0.05, 0.1) is 12.7 Å². The first-order valence-electron chi connectivity index (χ1n) is 8.67. The van der Waals surface area contributed by atoms with Gasteiger partial charge in [-0.1, -0.05) is 12.1 Å². The molecule has 0 amide bonds. The van der Waals surface area contributed by atoms with Crippen molar-refractivity contribution >= 4 is 5.96 Å². The van der Waals surface area contributed by atoms with Gasteiger partial charge in [0.2, 0.25) is 0 Å². The predicted octanol–water partition coefficient (Wildman–Crippen LogP) is 1.70. The fourth-order valence-corrected chi connectivity index (χ4v) is 3.54. The number of guanidine groups is 1. The molecule has 0 aromatic heterocycles. The summed E-state index contributed by atoms with van der Waals surface area (Å²) in [6, 6.07) is 7.21. The van der Waals surface area contributed by atoms with Gasteiger partial charge in [0.15, 0.2) is 5.96 Å². The van der Waals surface area contributed by atoms with Crippen LogP contribution in [-0.2, 0) is 11.3 Å². The number of morpholine rings is 1. The second-order valence-electron chi connectivity index (χ2n) is 6.66. The maximum Gasteiger partial charge on any atom is 0.193 e. The molecule has 132 valence electrons. The van der Waals surface area contributed by atoms with Crippen LogP contribution in [0.15, 0.2) is 29.3 Å². The van der Waals surface area contributed by atoms with Crippen molar-refractivity contribution in [2.75, 3.05) is 40.3 Å². The van der Waals surface area contributed by atoms with E-state index >= 15 is 0 Å².